The molecule has 0 spiro atoms. The van der Waals surface area contributed by atoms with Gasteiger partial charge in [0.25, 0.3) is 0 Å². The summed E-state index contributed by atoms with van der Waals surface area (Å²) in [6.45, 7) is 1.71. The van der Waals surface area contributed by atoms with Gasteiger partial charge in [0.05, 0.1) is 7.11 Å². The number of hydrogen-bond donors (Lipinski definition) is 0. The van der Waals surface area contributed by atoms with E-state index in [1.54, 1.807) is 6.92 Å². The van der Waals surface area contributed by atoms with Gasteiger partial charge in [-0.25, -0.2) is 4.79 Å². The van der Waals surface area contributed by atoms with E-state index in [0.29, 0.717) is 17.0 Å². The number of rotatable bonds is 2. The molecule has 0 bridgehead atoms. The Hall–Kier alpha value is -2.10. The average molecular weight is 217 g/mol. The maximum atomic E-state index is 11.5. The van der Waals surface area contributed by atoms with Crippen LogP contribution < -0.4 is 0 Å². The summed E-state index contributed by atoms with van der Waals surface area (Å²) in [6, 6.07) is 9.38. The van der Waals surface area contributed by atoms with Crippen molar-refractivity contribution in [2.75, 3.05) is 7.11 Å². The first-order chi connectivity index (χ1) is 7.74. The molecule has 0 saturated heterocycles. The highest BCUT2D eigenvalue weighted by Crippen LogP contribution is 2.21. The van der Waals surface area contributed by atoms with E-state index in [1.807, 2.05) is 30.3 Å². The second kappa shape index (κ2) is 4.18. The molecule has 1 heterocycles. The van der Waals surface area contributed by atoms with Crippen molar-refractivity contribution < 1.29 is 14.4 Å². The van der Waals surface area contributed by atoms with Gasteiger partial charge in [-0.1, -0.05) is 35.5 Å². The van der Waals surface area contributed by atoms with Crippen molar-refractivity contribution in [3.05, 3.63) is 47.2 Å². The van der Waals surface area contributed by atoms with Crippen molar-refractivity contribution in [3.63, 3.8) is 0 Å². The van der Waals surface area contributed by atoms with Crippen molar-refractivity contribution >= 4 is 11.7 Å². The van der Waals surface area contributed by atoms with Crippen LogP contribution in [0, 0.1) is 0 Å². The molecule has 0 N–H and O–H groups in total. The van der Waals surface area contributed by atoms with Crippen molar-refractivity contribution in [3.8, 4) is 0 Å². The number of allylic oxidation sites excluding steroid dienone is 1. The van der Waals surface area contributed by atoms with Gasteiger partial charge >= 0.3 is 5.97 Å². The lowest BCUT2D eigenvalue weighted by Crippen LogP contribution is -2.10. The smallest absolute Gasteiger partial charge is 0.371 e. The molecule has 4 nitrogen and oxygen atoms in total. The number of carbonyl (C=O) groups is 1. The van der Waals surface area contributed by atoms with E-state index in [-0.39, 0.29) is 0 Å². The minimum absolute atomic E-state index is 0.383. The van der Waals surface area contributed by atoms with Crippen molar-refractivity contribution in [2.45, 2.75) is 6.92 Å². The number of ether oxygens (including phenoxy) is 1. The molecule has 0 saturated carbocycles. The van der Waals surface area contributed by atoms with Crippen LogP contribution in [0.15, 0.2) is 46.8 Å². The van der Waals surface area contributed by atoms with Gasteiger partial charge in [-0.05, 0) is 6.92 Å². The maximum absolute atomic E-state index is 11.5. The van der Waals surface area contributed by atoms with E-state index in [1.165, 1.54) is 7.11 Å². The summed E-state index contributed by atoms with van der Waals surface area (Å²) in [5, 5.41) is 3.77. The number of benzene rings is 1. The monoisotopic (exact) mass is 217 g/mol. The molecule has 2 rings (SSSR count). The van der Waals surface area contributed by atoms with Crippen LogP contribution in [0.1, 0.15) is 12.5 Å². The molecule has 0 radical (unpaired) electrons. The van der Waals surface area contributed by atoms with Crippen LogP contribution in [0.2, 0.25) is 0 Å². The van der Waals surface area contributed by atoms with Gasteiger partial charge in [-0.3, -0.25) is 0 Å². The number of oxime groups is 1. The van der Waals surface area contributed by atoms with Crippen LogP contribution in [0.5, 0.6) is 0 Å². The molecule has 0 atom stereocenters. The lowest BCUT2D eigenvalue weighted by atomic mass is 10.0. The quantitative estimate of drug-likeness (QED) is 0.431. The van der Waals surface area contributed by atoms with Crippen LogP contribution in [0.3, 0.4) is 0 Å². The van der Waals surface area contributed by atoms with Crippen LogP contribution in [-0.4, -0.2) is 18.8 Å². The zero-order chi connectivity index (χ0) is 11.5. The van der Waals surface area contributed by atoms with Crippen LogP contribution >= 0.6 is 0 Å². The number of carbonyl (C=O) groups excluding carboxylic acids is 1. The molecular weight excluding hydrogens is 206 g/mol. The predicted molar refractivity (Wildman–Crippen MR) is 58.8 cm³/mol. The lowest BCUT2D eigenvalue weighted by Gasteiger charge is -2.04. The van der Waals surface area contributed by atoms with E-state index in [2.05, 4.69) is 9.99 Å². The zero-order valence-electron chi connectivity index (χ0n) is 9.06. The fourth-order valence-electron chi connectivity index (χ4n) is 1.48. The van der Waals surface area contributed by atoms with Crippen molar-refractivity contribution in [1.82, 2.24) is 0 Å². The molecule has 0 unspecified atom stereocenters. The maximum Gasteiger partial charge on any atom is 0.371 e. The Morgan fingerprint density at radius 1 is 1.31 bits per heavy atom. The van der Waals surface area contributed by atoms with Crippen LogP contribution in [0.25, 0.3) is 0 Å². The molecule has 1 aliphatic heterocycles. The van der Waals surface area contributed by atoms with E-state index in [4.69, 9.17) is 4.74 Å². The summed E-state index contributed by atoms with van der Waals surface area (Å²) in [7, 11) is 1.51. The Labute approximate surface area is 93.2 Å². The van der Waals surface area contributed by atoms with E-state index < -0.39 is 5.97 Å². The van der Waals surface area contributed by atoms with E-state index in [0.717, 1.165) is 5.56 Å². The molecule has 1 aromatic rings. The predicted octanol–water partition coefficient (Wildman–Crippen LogP) is 1.87. The van der Waals surface area contributed by atoms with E-state index in [9.17, 15) is 4.79 Å². The molecule has 82 valence electrons. The van der Waals surface area contributed by atoms with Gasteiger partial charge in [-0.15, -0.1) is 0 Å². The number of methoxy groups -OCH3 is 1. The summed E-state index contributed by atoms with van der Waals surface area (Å²) in [5.41, 5.74) is 1.73. The topological polar surface area (TPSA) is 47.9 Å². The summed E-state index contributed by atoms with van der Waals surface area (Å²) < 4.78 is 5.05. The Balaban J connectivity index is 2.47. The Kier molecular flexibility index (Phi) is 2.72. The molecule has 0 aliphatic carbocycles. The molecule has 0 amide bonds. The second-order valence-electron chi connectivity index (χ2n) is 3.32. The Morgan fingerprint density at radius 2 is 2.00 bits per heavy atom. The Morgan fingerprint density at radius 3 is 2.62 bits per heavy atom. The molecule has 4 heteroatoms. The summed E-state index contributed by atoms with van der Waals surface area (Å²) in [5.74, 6) is 0.0308. The molecular formula is C12H11NO3. The SMILES string of the molecule is CO/C(C)=C1/C(=O)ON=C1c1ccccc1. The highest BCUT2D eigenvalue weighted by molar-refractivity contribution is 6.29. The number of nitrogens with zero attached hydrogens (tertiary/aromatic N) is 1. The molecule has 1 aromatic carbocycles. The number of hydrogen-bond acceptors (Lipinski definition) is 4. The molecule has 16 heavy (non-hydrogen) atoms. The van der Waals surface area contributed by atoms with Gasteiger partial charge in [0.2, 0.25) is 0 Å². The lowest BCUT2D eigenvalue weighted by molar-refractivity contribution is -0.137. The molecule has 0 aromatic heterocycles. The second-order valence-corrected chi connectivity index (χ2v) is 3.32. The normalized spacial score (nSPS) is 17.9. The molecule has 0 fully saturated rings. The molecule has 1 aliphatic rings. The van der Waals surface area contributed by atoms with Gasteiger partial charge in [0, 0.05) is 5.56 Å². The fourth-order valence-corrected chi connectivity index (χ4v) is 1.48. The minimum atomic E-state index is -0.474. The first kappa shape index (κ1) is 10.4. The van der Waals surface area contributed by atoms with Gasteiger partial charge in [0.1, 0.15) is 17.0 Å². The van der Waals surface area contributed by atoms with E-state index >= 15 is 0 Å². The highest BCUT2D eigenvalue weighted by Gasteiger charge is 2.29. The summed E-state index contributed by atoms with van der Waals surface area (Å²) in [4.78, 5) is 16.2. The van der Waals surface area contributed by atoms with Crippen molar-refractivity contribution in [1.29, 1.82) is 0 Å². The summed E-state index contributed by atoms with van der Waals surface area (Å²) in [6.07, 6.45) is 0. The van der Waals surface area contributed by atoms with Gasteiger partial charge in [0.15, 0.2) is 0 Å². The van der Waals surface area contributed by atoms with Gasteiger partial charge in [-0.2, -0.15) is 0 Å². The third kappa shape index (κ3) is 1.69. The fraction of sp³-hybridized carbons (Fsp3) is 0.167. The zero-order valence-corrected chi connectivity index (χ0v) is 9.06. The largest absolute Gasteiger partial charge is 0.500 e. The third-order valence-corrected chi connectivity index (χ3v) is 2.37. The van der Waals surface area contributed by atoms with Crippen LogP contribution in [-0.2, 0) is 14.4 Å². The first-order valence-corrected chi connectivity index (χ1v) is 4.84. The van der Waals surface area contributed by atoms with Gasteiger partial charge < -0.3 is 9.57 Å². The Bertz CT molecular complexity index is 474. The minimum Gasteiger partial charge on any atom is -0.500 e. The third-order valence-electron chi connectivity index (χ3n) is 2.37. The van der Waals surface area contributed by atoms with Crippen molar-refractivity contribution in [2.24, 2.45) is 5.16 Å². The average Bonchev–Trinajstić information content (AvgIpc) is 2.71. The van der Waals surface area contributed by atoms with Crippen LogP contribution in [0.4, 0.5) is 0 Å². The summed E-state index contributed by atoms with van der Waals surface area (Å²) >= 11 is 0. The first-order valence-electron chi connectivity index (χ1n) is 4.84. The standard InChI is InChI=1S/C12H11NO3/c1-8(15-2)10-11(13-16-12(10)14)9-6-4-3-5-7-9/h3-7H,1-2H3/b10-8+. The highest BCUT2D eigenvalue weighted by atomic mass is 16.7.